The summed E-state index contributed by atoms with van der Waals surface area (Å²) in [4.78, 5) is 0. The summed E-state index contributed by atoms with van der Waals surface area (Å²) >= 11 is 6.38. The fourth-order valence-corrected chi connectivity index (χ4v) is 4.02. The van der Waals surface area contributed by atoms with Crippen molar-refractivity contribution in [1.82, 2.24) is 0 Å². The molecular weight excluding hydrogens is 500 g/mol. The third kappa shape index (κ3) is 7.64. The fourth-order valence-electron chi connectivity index (χ4n) is 3.57. The van der Waals surface area contributed by atoms with Crippen molar-refractivity contribution >= 4 is 21.7 Å². The van der Waals surface area contributed by atoms with Gasteiger partial charge in [0, 0.05) is 5.02 Å². The van der Waals surface area contributed by atoms with Crippen LogP contribution in [0.5, 0.6) is 5.75 Å². The van der Waals surface area contributed by atoms with Crippen molar-refractivity contribution in [3.8, 4) is 17.6 Å². The number of halogens is 1. The molecule has 190 valence electrons. The van der Waals surface area contributed by atoms with E-state index >= 15 is 0 Å². The van der Waals surface area contributed by atoms with Gasteiger partial charge in [-0.3, -0.25) is 4.18 Å². The maximum Gasteiger partial charge on any atom is 0.265 e. The summed E-state index contributed by atoms with van der Waals surface area (Å²) in [5.74, 6) is 5.79. The van der Waals surface area contributed by atoms with Gasteiger partial charge < -0.3 is 29.9 Å². The van der Waals surface area contributed by atoms with E-state index in [0.717, 1.165) is 17.4 Å². The second-order valence-electron chi connectivity index (χ2n) is 8.03. The van der Waals surface area contributed by atoms with Crippen LogP contribution in [-0.2, 0) is 25.5 Å². The van der Waals surface area contributed by atoms with E-state index < -0.39 is 47.2 Å². The molecule has 1 saturated heterocycles. The summed E-state index contributed by atoms with van der Waals surface area (Å²) in [6, 6.07) is 12.3. The van der Waals surface area contributed by atoms with Crippen molar-refractivity contribution in [1.29, 1.82) is 0 Å². The van der Waals surface area contributed by atoms with Crippen LogP contribution in [0.3, 0.4) is 0 Å². The Hall–Kier alpha value is -2.20. The highest BCUT2D eigenvalue weighted by Crippen LogP contribution is 2.34. The van der Waals surface area contributed by atoms with Gasteiger partial charge in [0.1, 0.15) is 49.5 Å². The maximum absolute atomic E-state index is 10.9. The third-order valence-corrected chi connectivity index (χ3v) is 6.30. The Kier molecular flexibility index (Phi) is 9.52. The Balaban J connectivity index is 1.63. The van der Waals surface area contributed by atoms with Gasteiger partial charge in [0.15, 0.2) is 0 Å². The molecule has 2 aromatic rings. The second kappa shape index (κ2) is 12.2. The number of hydrogen-bond donors (Lipinski definition) is 4. The predicted molar refractivity (Wildman–Crippen MR) is 127 cm³/mol. The lowest BCUT2D eigenvalue weighted by molar-refractivity contribution is -0.231. The minimum Gasteiger partial charge on any atom is -0.481 e. The predicted octanol–water partition coefficient (Wildman–Crippen LogP) is 0.804. The van der Waals surface area contributed by atoms with Crippen LogP contribution in [0, 0.1) is 11.8 Å². The number of aliphatic hydroxyl groups excluding tert-OH is 4. The molecule has 0 spiro atoms. The van der Waals surface area contributed by atoms with Crippen molar-refractivity contribution < 1.29 is 42.5 Å². The molecular formula is C24H27ClO9S. The Bertz CT molecular complexity index is 1160. The molecule has 0 aliphatic carbocycles. The summed E-state index contributed by atoms with van der Waals surface area (Å²) in [7, 11) is -3.52. The van der Waals surface area contributed by atoms with E-state index in [-0.39, 0.29) is 13.2 Å². The van der Waals surface area contributed by atoms with Gasteiger partial charge >= 0.3 is 0 Å². The minimum atomic E-state index is -3.52. The van der Waals surface area contributed by atoms with E-state index in [1.165, 1.54) is 0 Å². The van der Waals surface area contributed by atoms with Crippen molar-refractivity contribution in [3.05, 3.63) is 64.2 Å². The largest absolute Gasteiger partial charge is 0.481 e. The van der Waals surface area contributed by atoms with Gasteiger partial charge in [-0.15, -0.1) is 0 Å². The summed E-state index contributed by atoms with van der Waals surface area (Å²) in [5.41, 5.74) is 2.24. The lowest BCUT2D eigenvalue weighted by Crippen LogP contribution is -2.55. The van der Waals surface area contributed by atoms with E-state index in [1.54, 1.807) is 30.3 Å². The van der Waals surface area contributed by atoms with E-state index in [0.29, 0.717) is 22.8 Å². The lowest BCUT2D eigenvalue weighted by atomic mass is 9.90. The zero-order chi connectivity index (χ0) is 25.6. The zero-order valence-corrected chi connectivity index (χ0v) is 20.4. The Morgan fingerprint density at radius 3 is 2.34 bits per heavy atom. The number of aliphatic hydroxyl groups is 4. The SMILES string of the molecule is CS(=O)(=O)OCC#CCOc1ccc(Cc2cc(C3OC(CO)C(O)C(O)C3O)ccc2Cl)cc1. The van der Waals surface area contributed by atoms with Gasteiger partial charge in [-0.2, -0.15) is 8.42 Å². The van der Waals surface area contributed by atoms with E-state index in [2.05, 4.69) is 16.0 Å². The smallest absolute Gasteiger partial charge is 0.265 e. The second-order valence-corrected chi connectivity index (χ2v) is 10.1. The lowest BCUT2D eigenvalue weighted by Gasteiger charge is -2.40. The van der Waals surface area contributed by atoms with Crippen LogP contribution in [0.15, 0.2) is 42.5 Å². The van der Waals surface area contributed by atoms with Crippen LogP contribution in [0.25, 0.3) is 0 Å². The molecule has 35 heavy (non-hydrogen) atoms. The molecule has 11 heteroatoms. The normalized spacial score (nSPS) is 24.5. The Labute approximate surface area is 209 Å². The van der Waals surface area contributed by atoms with Crippen LogP contribution >= 0.6 is 11.6 Å². The van der Waals surface area contributed by atoms with Crippen LogP contribution in [-0.4, -0.2) is 79.3 Å². The number of hydrogen-bond acceptors (Lipinski definition) is 9. The van der Waals surface area contributed by atoms with Gasteiger partial charge in [-0.25, -0.2) is 0 Å². The number of rotatable bonds is 8. The molecule has 4 N–H and O–H groups in total. The minimum absolute atomic E-state index is 0.0689. The highest BCUT2D eigenvalue weighted by molar-refractivity contribution is 7.86. The number of ether oxygens (including phenoxy) is 2. The van der Waals surface area contributed by atoms with Gasteiger partial charge in [-0.1, -0.05) is 47.7 Å². The molecule has 1 aliphatic rings. The summed E-state index contributed by atoms with van der Waals surface area (Å²) in [5, 5.41) is 40.4. The first-order valence-corrected chi connectivity index (χ1v) is 12.9. The molecule has 1 heterocycles. The summed E-state index contributed by atoms with van der Waals surface area (Å²) in [6.07, 6.45) is -4.79. The quantitative estimate of drug-likeness (QED) is 0.290. The Morgan fingerprint density at radius 2 is 1.69 bits per heavy atom. The zero-order valence-electron chi connectivity index (χ0n) is 18.9. The van der Waals surface area contributed by atoms with Gasteiger partial charge in [-0.05, 0) is 41.3 Å². The van der Waals surface area contributed by atoms with Crippen LogP contribution < -0.4 is 4.74 Å². The van der Waals surface area contributed by atoms with E-state index in [1.807, 2.05) is 12.1 Å². The van der Waals surface area contributed by atoms with Crippen LogP contribution in [0.2, 0.25) is 5.02 Å². The highest BCUT2D eigenvalue weighted by atomic mass is 35.5. The standard InChI is InChI=1S/C24H27ClO9S/c1-35(30,31)33-11-3-2-10-32-18-7-4-15(5-8-18)12-17-13-16(6-9-19(17)25)24-23(29)22(28)21(27)20(14-26)34-24/h4-9,13,20-24,26-29H,10-12,14H2,1H3. The highest BCUT2D eigenvalue weighted by Gasteiger charge is 2.44. The molecule has 0 aromatic heterocycles. The van der Waals surface area contributed by atoms with Crippen LogP contribution in [0.4, 0.5) is 0 Å². The molecule has 1 fully saturated rings. The molecule has 2 aromatic carbocycles. The first-order valence-electron chi connectivity index (χ1n) is 10.7. The molecule has 1 aliphatic heterocycles. The third-order valence-electron chi connectivity index (χ3n) is 5.39. The summed E-state index contributed by atoms with van der Waals surface area (Å²) < 4.78 is 37.4. The van der Waals surface area contributed by atoms with Gasteiger partial charge in [0.05, 0.1) is 12.9 Å². The van der Waals surface area contributed by atoms with Crippen molar-refractivity contribution in [3.63, 3.8) is 0 Å². The monoisotopic (exact) mass is 526 g/mol. The Morgan fingerprint density at radius 1 is 1.00 bits per heavy atom. The molecule has 5 unspecified atom stereocenters. The topological polar surface area (TPSA) is 143 Å². The molecule has 0 radical (unpaired) electrons. The van der Waals surface area contributed by atoms with E-state index in [9.17, 15) is 28.8 Å². The molecule has 3 rings (SSSR count). The summed E-state index contributed by atoms with van der Waals surface area (Å²) in [6.45, 7) is -0.667. The van der Waals surface area contributed by atoms with Gasteiger partial charge in [0.25, 0.3) is 10.1 Å². The molecule has 0 bridgehead atoms. The van der Waals surface area contributed by atoms with E-state index in [4.69, 9.17) is 21.1 Å². The van der Waals surface area contributed by atoms with Crippen LogP contribution in [0.1, 0.15) is 22.8 Å². The first-order chi connectivity index (χ1) is 16.6. The van der Waals surface area contributed by atoms with Gasteiger partial charge in [0.2, 0.25) is 0 Å². The van der Waals surface area contributed by atoms with Crippen molar-refractivity contribution in [2.75, 3.05) is 26.1 Å². The van der Waals surface area contributed by atoms with Crippen molar-refractivity contribution in [2.45, 2.75) is 36.9 Å². The fraction of sp³-hybridized carbons (Fsp3) is 0.417. The average molecular weight is 527 g/mol. The number of benzene rings is 2. The molecule has 9 nitrogen and oxygen atoms in total. The average Bonchev–Trinajstić information content (AvgIpc) is 2.82. The maximum atomic E-state index is 10.9. The van der Waals surface area contributed by atoms with Crippen molar-refractivity contribution in [2.24, 2.45) is 0 Å². The molecule has 0 amide bonds. The molecule has 0 saturated carbocycles. The molecule has 5 atom stereocenters. The first kappa shape index (κ1) is 27.4.